The predicted molar refractivity (Wildman–Crippen MR) is 128 cm³/mol. The van der Waals surface area contributed by atoms with Crippen molar-refractivity contribution in [3.05, 3.63) is 87.8 Å². The summed E-state index contributed by atoms with van der Waals surface area (Å²) < 4.78 is 22.2. The van der Waals surface area contributed by atoms with Crippen molar-refractivity contribution in [3.63, 3.8) is 0 Å². The van der Waals surface area contributed by atoms with Crippen LogP contribution in [0.5, 0.6) is 17.2 Å². The Hall–Kier alpha value is -3.80. The molecule has 0 saturated heterocycles. The zero-order chi connectivity index (χ0) is 23.8. The van der Waals surface area contributed by atoms with Crippen molar-refractivity contribution in [3.8, 4) is 17.2 Å². The first-order valence-corrected chi connectivity index (χ1v) is 10.7. The number of ether oxygens (including phenoxy) is 3. The van der Waals surface area contributed by atoms with Crippen LogP contribution in [-0.2, 0) is 0 Å². The molecule has 0 saturated carbocycles. The van der Waals surface area contributed by atoms with Crippen LogP contribution in [0, 0.1) is 0 Å². The molecule has 0 spiro atoms. The number of benzene rings is 2. The van der Waals surface area contributed by atoms with Crippen molar-refractivity contribution in [1.82, 2.24) is 0 Å². The van der Waals surface area contributed by atoms with E-state index in [1.807, 2.05) is 13.0 Å². The summed E-state index contributed by atoms with van der Waals surface area (Å²) in [6, 6.07) is 13.6. The van der Waals surface area contributed by atoms with Gasteiger partial charge in [0, 0.05) is 0 Å². The molecule has 3 rings (SSSR count). The van der Waals surface area contributed by atoms with Gasteiger partial charge in [0.15, 0.2) is 17.1 Å². The highest BCUT2D eigenvalue weighted by molar-refractivity contribution is 5.94. The second-order valence-electron chi connectivity index (χ2n) is 7.82. The zero-order valence-corrected chi connectivity index (χ0v) is 19.3. The Morgan fingerprint density at radius 2 is 1.73 bits per heavy atom. The number of fused-ring (bicyclic) bond motifs is 1. The van der Waals surface area contributed by atoms with E-state index in [-0.39, 0.29) is 23.7 Å². The average molecular weight is 449 g/mol. The smallest absolute Gasteiger partial charge is 0.383 e. The second-order valence-corrected chi connectivity index (χ2v) is 7.82. The molecule has 0 bridgehead atoms. The molecule has 6 nitrogen and oxygen atoms in total. The monoisotopic (exact) mass is 448 g/mol. The Balaban J connectivity index is 1.95. The van der Waals surface area contributed by atoms with Crippen LogP contribution >= 0.6 is 0 Å². The molecule has 2 aromatic carbocycles. The van der Waals surface area contributed by atoms with Gasteiger partial charge in [-0.15, -0.1) is 0 Å². The molecule has 0 fully saturated rings. The zero-order valence-electron chi connectivity index (χ0n) is 19.3. The first kappa shape index (κ1) is 23.9. The lowest BCUT2D eigenvalue weighted by Crippen LogP contribution is -2.16. The average Bonchev–Trinajstić information content (AvgIpc) is 2.80. The van der Waals surface area contributed by atoms with Crippen LogP contribution < -0.4 is 19.8 Å². The first-order valence-electron chi connectivity index (χ1n) is 10.7. The molecular weight excluding hydrogens is 420 g/mol. The first-order chi connectivity index (χ1) is 15.9. The molecule has 0 atom stereocenters. The summed E-state index contributed by atoms with van der Waals surface area (Å²) in [7, 11) is 1.48. The molecule has 0 aliphatic heterocycles. The van der Waals surface area contributed by atoms with E-state index in [2.05, 4.69) is 19.9 Å². The summed E-state index contributed by atoms with van der Waals surface area (Å²) in [5.41, 5.74) is 2.14. The van der Waals surface area contributed by atoms with E-state index in [0.717, 1.165) is 18.4 Å². The van der Waals surface area contributed by atoms with Crippen molar-refractivity contribution >= 4 is 16.9 Å². The van der Waals surface area contributed by atoms with E-state index in [1.54, 1.807) is 48.5 Å². The van der Waals surface area contributed by atoms with Crippen LogP contribution in [0.25, 0.3) is 11.0 Å². The van der Waals surface area contributed by atoms with Gasteiger partial charge in [-0.2, -0.15) is 0 Å². The predicted octanol–water partition coefficient (Wildman–Crippen LogP) is 6.09. The van der Waals surface area contributed by atoms with Crippen molar-refractivity contribution in [2.45, 2.75) is 33.6 Å². The standard InChI is InChI=1S/C27H28O6/c1-18(2)10-8-11-19(3)16-17-31-24-21-14-9-15-22(30-4)23(21)32-27(29)25(24)33-26(28)20-12-6-5-7-13-20/h5-7,9-10,12-16H,8,11,17H2,1-4H3/b19-16+. The molecule has 0 N–H and O–H groups in total. The molecule has 1 aromatic heterocycles. The second kappa shape index (κ2) is 11.2. The third kappa shape index (κ3) is 6.13. The Kier molecular flexibility index (Phi) is 8.08. The van der Waals surface area contributed by atoms with Crippen LogP contribution in [0.3, 0.4) is 0 Å². The Bertz CT molecular complexity index is 1230. The number of para-hydroxylation sites is 1. The van der Waals surface area contributed by atoms with E-state index in [9.17, 15) is 9.59 Å². The van der Waals surface area contributed by atoms with E-state index < -0.39 is 11.6 Å². The highest BCUT2D eigenvalue weighted by Crippen LogP contribution is 2.37. The van der Waals surface area contributed by atoms with Gasteiger partial charge < -0.3 is 18.6 Å². The van der Waals surface area contributed by atoms with E-state index >= 15 is 0 Å². The third-order valence-electron chi connectivity index (χ3n) is 4.98. The normalized spacial score (nSPS) is 11.2. The van der Waals surface area contributed by atoms with Gasteiger partial charge in [-0.1, -0.05) is 41.5 Å². The van der Waals surface area contributed by atoms with Gasteiger partial charge in [0.1, 0.15) is 6.61 Å². The van der Waals surface area contributed by atoms with Gasteiger partial charge in [-0.05, 0) is 64.0 Å². The van der Waals surface area contributed by atoms with Gasteiger partial charge in [0.25, 0.3) is 5.75 Å². The quantitative estimate of drug-likeness (QED) is 0.224. The molecule has 0 amide bonds. The molecule has 0 aliphatic rings. The number of allylic oxidation sites excluding steroid dienone is 3. The molecule has 172 valence electrons. The number of carbonyl (C=O) groups excluding carboxylic acids is 1. The lowest BCUT2D eigenvalue weighted by atomic mass is 10.1. The van der Waals surface area contributed by atoms with E-state index in [0.29, 0.717) is 16.7 Å². The molecular formula is C27H28O6. The summed E-state index contributed by atoms with van der Waals surface area (Å²) in [5, 5.41) is 0.473. The fourth-order valence-corrected chi connectivity index (χ4v) is 3.23. The van der Waals surface area contributed by atoms with Crippen LogP contribution in [0.15, 0.2) is 81.0 Å². The largest absolute Gasteiger partial charge is 0.493 e. The third-order valence-corrected chi connectivity index (χ3v) is 4.98. The number of hydrogen-bond donors (Lipinski definition) is 0. The topological polar surface area (TPSA) is 75.0 Å². The number of methoxy groups -OCH3 is 1. The van der Waals surface area contributed by atoms with Crippen molar-refractivity contribution in [1.29, 1.82) is 0 Å². The summed E-state index contributed by atoms with van der Waals surface area (Å²) >= 11 is 0. The maximum absolute atomic E-state index is 12.8. The SMILES string of the molecule is COc1cccc2c(OC/C=C(\C)CCC=C(C)C)c(OC(=O)c3ccccc3)c(=O)oc12. The van der Waals surface area contributed by atoms with Gasteiger partial charge in [0.05, 0.1) is 18.1 Å². The van der Waals surface area contributed by atoms with Crippen LogP contribution in [-0.4, -0.2) is 19.7 Å². The van der Waals surface area contributed by atoms with Gasteiger partial charge in [0.2, 0.25) is 0 Å². The minimum Gasteiger partial charge on any atom is -0.493 e. The molecule has 0 unspecified atom stereocenters. The summed E-state index contributed by atoms with van der Waals surface area (Å²) in [6.07, 6.45) is 5.97. The highest BCUT2D eigenvalue weighted by atomic mass is 16.6. The number of hydrogen-bond acceptors (Lipinski definition) is 6. The lowest BCUT2D eigenvalue weighted by Gasteiger charge is -2.13. The van der Waals surface area contributed by atoms with E-state index in [1.165, 1.54) is 12.7 Å². The molecule has 0 radical (unpaired) electrons. The fraction of sp³-hybridized carbons (Fsp3) is 0.259. The summed E-state index contributed by atoms with van der Waals surface area (Å²) in [4.78, 5) is 25.4. The van der Waals surface area contributed by atoms with Crippen LogP contribution in [0.1, 0.15) is 44.0 Å². The molecule has 33 heavy (non-hydrogen) atoms. The van der Waals surface area contributed by atoms with Gasteiger partial charge in [-0.25, -0.2) is 9.59 Å². The maximum Gasteiger partial charge on any atom is 0.383 e. The minimum atomic E-state index is -0.824. The van der Waals surface area contributed by atoms with E-state index in [4.69, 9.17) is 18.6 Å². The van der Waals surface area contributed by atoms with Crippen LogP contribution in [0.4, 0.5) is 0 Å². The summed E-state index contributed by atoms with van der Waals surface area (Å²) in [6.45, 7) is 6.37. The number of esters is 1. The highest BCUT2D eigenvalue weighted by Gasteiger charge is 2.23. The van der Waals surface area contributed by atoms with Crippen molar-refractivity contribution in [2.24, 2.45) is 0 Å². The lowest BCUT2D eigenvalue weighted by molar-refractivity contribution is 0.0722. The van der Waals surface area contributed by atoms with Gasteiger partial charge >= 0.3 is 11.6 Å². The van der Waals surface area contributed by atoms with Crippen molar-refractivity contribution in [2.75, 3.05) is 13.7 Å². The molecule has 6 heteroatoms. The maximum atomic E-state index is 12.8. The number of rotatable bonds is 9. The summed E-state index contributed by atoms with van der Waals surface area (Å²) in [5.74, 6) is -0.453. The molecule has 3 aromatic rings. The Morgan fingerprint density at radius 1 is 0.970 bits per heavy atom. The molecule has 0 aliphatic carbocycles. The fourth-order valence-electron chi connectivity index (χ4n) is 3.23. The molecule has 1 heterocycles. The number of carbonyl (C=O) groups is 1. The van der Waals surface area contributed by atoms with Gasteiger partial charge in [-0.3, -0.25) is 0 Å². The Morgan fingerprint density at radius 3 is 2.42 bits per heavy atom. The van der Waals surface area contributed by atoms with Crippen LogP contribution in [0.2, 0.25) is 0 Å². The minimum absolute atomic E-state index is 0.137. The van der Waals surface area contributed by atoms with Crippen molar-refractivity contribution < 1.29 is 23.4 Å². The Labute approximate surface area is 193 Å².